The van der Waals surface area contributed by atoms with E-state index in [2.05, 4.69) is 24.5 Å². The number of aliphatic hydroxyl groups is 4. The van der Waals surface area contributed by atoms with Crippen molar-refractivity contribution in [3.8, 4) is 22.3 Å². The summed E-state index contributed by atoms with van der Waals surface area (Å²) in [5.41, 5.74) is 9.77. The summed E-state index contributed by atoms with van der Waals surface area (Å²) in [7, 11) is 0. The molecule has 0 saturated carbocycles. The van der Waals surface area contributed by atoms with E-state index in [4.69, 9.17) is 0 Å². The molecule has 6 N–H and O–H groups in total. The lowest BCUT2D eigenvalue weighted by Crippen LogP contribution is -2.22. The topological polar surface area (TPSA) is 139 Å². The van der Waals surface area contributed by atoms with E-state index in [1.54, 1.807) is 24.3 Å². The summed E-state index contributed by atoms with van der Waals surface area (Å²) in [4.78, 5) is 26.9. The number of aryl methyl sites for hydroxylation is 1. The lowest BCUT2D eigenvalue weighted by molar-refractivity contribution is -0.117. The summed E-state index contributed by atoms with van der Waals surface area (Å²) in [6, 6.07) is 22.5. The van der Waals surface area contributed by atoms with Crippen LogP contribution in [-0.4, -0.2) is 32.2 Å². The number of benzene rings is 4. The number of fused-ring (bicyclic) bond motifs is 7. The summed E-state index contributed by atoms with van der Waals surface area (Å²) in [5, 5.41) is 50.2. The normalized spacial score (nSPS) is 22.5. The van der Waals surface area contributed by atoms with Crippen LogP contribution in [0.1, 0.15) is 95.6 Å². The first-order chi connectivity index (χ1) is 22.6. The van der Waals surface area contributed by atoms with Crippen molar-refractivity contribution in [1.82, 2.24) is 10.6 Å². The Morgan fingerprint density at radius 2 is 0.979 bits per heavy atom. The molecule has 0 radical (unpaired) electrons. The lowest BCUT2D eigenvalue weighted by Gasteiger charge is -2.30. The molecule has 2 aliphatic carbocycles. The van der Waals surface area contributed by atoms with Crippen LogP contribution in [0.5, 0.6) is 0 Å². The van der Waals surface area contributed by atoms with E-state index in [0.29, 0.717) is 44.8 Å². The summed E-state index contributed by atoms with van der Waals surface area (Å²) in [6.45, 7) is 6.18. The average molecular weight is 627 g/mol. The Labute approximate surface area is 271 Å². The maximum absolute atomic E-state index is 13.5. The van der Waals surface area contributed by atoms with Crippen LogP contribution < -0.4 is 10.6 Å². The van der Waals surface area contributed by atoms with Gasteiger partial charge in [0.15, 0.2) is 0 Å². The number of aliphatic hydroxyl groups excluding tert-OH is 4. The molecule has 8 nitrogen and oxygen atoms in total. The van der Waals surface area contributed by atoms with Crippen molar-refractivity contribution in [1.29, 1.82) is 0 Å². The maximum atomic E-state index is 13.5. The molecule has 2 heterocycles. The van der Waals surface area contributed by atoms with E-state index in [0.717, 1.165) is 39.8 Å². The molecule has 0 saturated heterocycles. The number of hydrogen-bond acceptors (Lipinski definition) is 6. The van der Waals surface area contributed by atoms with Gasteiger partial charge in [-0.05, 0) is 91.2 Å². The molecular formula is C39H34N2O6. The van der Waals surface area contributed by atoms with E-state index in [1.165, 1.54) is 0 Å². The van der Waals surface area contributed by atoms with Gasteiger partial charge in [0.25, 0.3) is 11.8 Å². The first-order valence-electron chi connectivity index (χ1n) is 16.0. The SMILES string of the molecule is CCc1ccc2c(c1)C(O)C(O)c1cc(C3=C4C(=O)NC(c5ccc6c(c5)C(O)C(O)c5cc(C(C)C)ccc5-6)=C4C(=O)N3)ccc1-2. The van der Waals surface area contributed by atoms with Crippen molar-refractivity contribution in [2.45, 2.75) is 57.5 Å². The van der Waals surface area contributed by atoms with Gasteiger partial charge in [0.1, 0.15) is 24.4 Å². The van der Waals surface area contributed by atoms with E-state index in [1.807, 2.05) is 55.5 Å². The minimum Gasteiger partial charge on any atom is -0.385 e. The van der Waals surface area contributed by atoms with Crippen LogP contribution in [0.4, 0.5) is 0 Å². The molecule has 47 heavy (non-hydrogen) atoms. The highest BCUT2D eigenvalue weighted by Crippen LogP contribution is 2.48. The minimum atomic E-state index is -1.19. The zero-order valence-electron chi connectivity index (χ0n) is 26.1. The quantitative estimate of drug-likeness (QED) is 0.183. The predicted molar refractivity (Wildman–Crippen MR) is 177 cm³/mol. The molecule has 2 aliphatic heterocycles. The van der Waals surface area contributed by atoms with Crippen LogP contribution in [0, 0.1) is 0 Å². The predicted octanol–water partition coefficient (Wildman–Crippen LogP) is 5.25. The van der Waals surface area contributed by atoms with E-state index in [-0.39, 0.29) is 17.1 Å². The van der Waals surface area contributed by atoms with Crippen molar-refractivity contribution >= 4 is 23.2 Å². The van der Waals surface area contributed by atoms with Crippen molar-refractivity contribution in [2.24, 2.45) is 0 Å². The van der Waals surface area contributed by atoms with Gasteiger partial charge in [-0.1, -0.05) is 81.4 Å². The number of amides is 2. The van der Waals surface area contributed by atoms with Gasteiger partial charge in [0, 0.05) is 0 Å². The Bertz CT molecular complexity index is 2130. The number of rotatable bonds is 4. The van der Waals surface area contributed by atoms with Gasteiger partial charge in [-0.2, -0.15) is 0 Å². The monoisotopic (exact) mass is 626 g/mol. The summed E-state index contributed by atoms with van der Waals surface area (Å²) < 4.78 is 0. The smallest absolute Gasteiger partial charge is 0.258 e. The van der Waals surface area contributed by atoms with Gasteiger partial charge in [-0.3, -0.25) is 9.59 Å². The van der Waals surface area contributed by atoms with E-state index < -0.39 is 36.2 Å². The molecule has 0 bridgehead atoms. The van der Waals surface area contributed by atoms with E-state index >= 15 is 0 Å². The fourth-order valence-corrected chi connectivity index (χ4v) is 7.46. The fourth-order valence-electron chi connectivity index (χ4n) is 7.46. The Balaban J connectivity index is 1.21. The largest absolute Gasteiger partial charge is 0.385 e. The lowest BCUT2D eigenvalue weighted by atomic mass is 9.79. The van der Waals surface area contributed by atoms with Crippen molar-refractivity contribution in [2.75, 3.05) is 0 Å². The molecule has 8 rings (SSSR count). The average Bonchev–Trinajstić information content (AvgIpc) is 3.62. The third kappa shape index (κ3) is 4.29. The number of carbonyl (C=O) groups is 2. The summed E-state index contributed by atoms with van der Waals surface area (Å²) >= 11 is 0. The third-order valence-corrected chi connectivity index (χ3v) is 10.1. The molecular weight excluding hydrogens is 592 g/mol. The minimum absolute atomic E-state index is 0.188. The van der Waals surface area contributed by atoms with Gasteiger partial charge in [0.05, 0.1) is 22.5 Å². The molecule has 4 aliphatic rings. The van der Waals surface area contributed by atoms with Crippen molar-refractivity contribution < 1.29 is 30.0 Å². The van der Waals surface area contributed by atoms with Crippen molar-refractivity contribution in [3.05, 3.63) is 128 Å². The molecule has 4 aromatic carbocycles. The Morgan fingerprint density at radius 3 is 1.43 bits per heavy atom. The van der Waals surface area contributed by atoms with Gasteiger partial charge in [0.2, 0.25) is 0 Å². The fraction of sp³-hybridized carbons (Fsp3) is 0.231. The zero-order chi connectivity index (χ0) is 32.9. The Morgan fingerprint density at radius 1 is 0.574 bits per heavy atom. The van der Waals surface area contributed by atoms with Crippen LogP contribution in [0.15, 0.2) is 83.9 Å². The molecule has 4 aromatic rings. The molecule has 8 heteroatoms. The van der Waals surface area contributed by atoms with Crippen LogP contribution >= 0.6 is 0 Å². The van der Waals surface area contributed by atoms with Crippen LogP contribution in [0.2, 0.25) is 0 Å². The Hall–Kier alpha value is -4.86. The second-order valence-electron chi connectivity index (χ2n) is 13.1. The molecule has 2 amide bonds. The molecule has 4 unspecified atom stereocenters. The third-order valence-electron chi connectivity index (χ3n) is 10.1. The number of carbonyl (C=O) groups excluding carboxylic acids is 2. The maximum Gasteiger partial charge on any atom is 0.258 e. The zero-order valence-corrected chi connectivity index (χ0v) is 26.1. The molecule has 4 atom stereocenters. The number of nitrogens with one attached hydrogen (secondary N) is 2. The summed E-state index contributed by atoms with van der Waals surface area (Å²) in [6.07, 6.45) is -3.82. The van der Waals surface area contributed by atoms with Gasteiger partial charge < -0.3 is 31.1 Å². The highest BCUT2D eigenvalue weighted by Gasteiger charge is 2.42. The van der Waals surface area contributed by atoms with Gasteiger partial charge >= 0.3 is 0 Å². The van der Waals surface area contributed by atoms with Gasteiger partial charge in [-0.15, -0.1) is 0 Å². The second-order valence-corrected chi connectivity index (χ2v) is 13.1. The van der Waals surface area contributed by atoms with Gasteiger partial charge in [-0.25, -0.2) is 0 Å². The van der Waals surface area contributed by atoms with E-state index in [9.17, 15) is 30.0 Å². The molecule has 0 aromatic heterocycles. The standard InChI is InChI=1S/C39H34N2O6/c1-4-18-5-9-22-24-11-7-20(15-28(24)36(44)34(42)26(22)13-18)32-30-31(39(47)40-32)33(41-38(30)46)21-8-12-25-23-10-6-19(17(2)3)14-27(23)35(43)37(45)29(25)16-21/h5-17,34-37,42-45H,4H2,1-3H3,(H,40,47)(H,41,46). The second kappa shape index (κ2) is 10.6. The van der Waals surface area contributed by atoms with Crippen LogP contribution in [0.3, 0.4) is 0 Å². The summed E-state index contributed by atoms with van der Waals surface area (Å²) in [5.74, 6) is -0.644. The highest BCUT2D eigenvalue weighted by molar-refractivity contribution is 6.30. The van der Waals surface area contributed by atoms with Crippen molar-refractivity contribution in [3.63, 3.8) is 0 Å². The number of hydrogen-bond donors (Lipinski definition) is 6. The van der Waals surface area contributed by atoms with Crippen LogP contribution in [-0.2, 0) is 16.0 Å². The first kappa shape index (κ1) is 29.5. The molecule has 0 spiro atoms. The highest BCUT2D eigenvalue weighted by atomic mass is 16.3. The Kier molecular flexibility index (Phi) is 6.65. The van der Waals surface area contributed by atoms with Crippen LogP contribution in [0.25, 0.3) is 33.6 Å². The first-order valence-corrected chi connectivity index (χ1v) is 16.0. The molecule has 236 valence electrons. The molecule has 0 fully saturated rings.